The second kappa shape index (κ2) is 10.2. The minimum absolute atomic E-state index is 0.0505. The molecule has 166 valence electrons. The Labute approximate surface area is 186 Å². The summed E-state index contributed by atoms with van der Waals surface area (Å²) in [5.74, 6) is 0.0330. The first kappa shape index (κ1) is 21.7. The van der Waals surface area contributed by atoms with E-state index in [1.807, 2.05) is 53.4 Å². The Morgan fingerprint density at radius 1 is 0.938 bits per heavy atom. The molecule has 8 heteroatoms. The van der Waals surface area contributed by atoms with Crippen LogP contribution in [0.1, 0.15) is 12.8 Å². The van der Waals surface area contributed by atoms with Crippen LogP contribution in [0, 0.1) is 0 Å². The van der Waals surface area contributed by atoms with Gasteiger partial charge < -0.3 is 10.2 Å². The molecule has 0 radical (unpaired) electrons. The highest BCUT2D eigenvalue weighted by Gasteiger charge is 2.22. The maximum absolute atomic E-state index is 12.6. The third kappa shape index (κ3) is 5.39. The van der Waals surface area contributed by atoms with Crippen molar-refractivity contribution in [2.75, 3.05) is 38.0 Å². The number of piperazine rings is 1. The summed E-state index contributed by atoms with van der Waals surface area (Å²) >= 11 is 0. The zero-order valence-corrected chi connectivity index (χ0v) is 17.9. The predicted molar refractivity (Wildman–Crippen MR) is 123 cm³/mol. The van der Waals surface area contributed by atoms with Gasteiger partial charge in [-0.2, -0.15) is 0 Å². The Morgan fingerprint density at radius 2 is 1.66 bits per heavy atom. The minimum atomic E-state index is -0.0783. The third-order valence-corrected chi connectivity index (χ3v) is 5.67. The molecule has 4 rings (SSSR count). The topological polar surface area (TPSA) is 87.5 Å². The lowest BCUT2D eigenvalue weighted by Crippen LogP contribution is -2.50. The fraction of sp³-hybridized carbons (Fsp3) is 0.333. The molecule has 1 fully saturated rings. The number of aromatic nitrogens is 2. The summed E-state index contributed by atoms with van der Waals surface area (Å²) in [6.07, 6.45) is 2.51. The molecule has 1 aromatic heterocycles. The van der Waals surface area contributed by atoms with Crippen molar-refractivity contribution in [3.63, 3.8) is 0 Å². The average Bonchev–Trinajstić information content (AvgIpc) is 2.81. The first-order valence-electron chi connectivity index (χ1n) is 10.9. The molecule has 0 spiro atoms. The van der Waals surface area contributed by atoms with Gasteiger partial charge in [-0.3, -0.25) is 23.9 Å². The number of hydrogen-bond acceptors (Lipinski definition) is 5. The Kier molecular flexibility index (Phi) is 6.91. The molecule has 1 N–H and O–H groups in total. The van der Waals surface area contributed by atoms with Gasteiger partial charge in [-0.1, -0.05) is 30.3 Å². The van der Waals surface area contributed by atoms with Crippen LogP contribution in [-0.4, -0.2) is 63.9 Å². The lowest BCUT2D eigenvalue weighted by molar-refractivity contribution is -0.133. The van der Waals surface area contributed by atoms with Gasteiger partial charge in [-0.25, -0.2) is 4.98 Å². The van der Waals surface area contributed by atoms with E-state index >= 15 is 0 Å². The molecule has 0 aliphatic carbocycles. The van der Waals surface area contributed by atoms with Crippen molar-refractivity contribution in [3.05, 3.63) is 71.3 Å². The van der Waals surface area contributed by atoms with Gasteiger partial charge in [-0.15, -0.1) is 0 Å². The lowest BCUT2D eigenvalue weighted by atomic mass is 10.2. The van der Waals surface area contributed by atoms with Gasteiger partial charge in [0.25, 0.3) is 5.56 Å². The summed E-state index contributed by atoms with van der Waals surface area (Å²) in [6, 6.07) is 16.6. The number of carbonyl (C=O) groups is 2. The van der Waals surface area contributed by atoms with Crippen molar-refractivity contribution >= 4 is 28.4 Å². The van der Waals surface area contributed by atoms with Crippen molar-refractivity contribution in [3.8, 4) is 0 Å². The summed E-state index contributed by atoms with van der Waals surface area (Å²) < 4.78 is 1.57. The Bertz CT molecular complexity index is 1140. The Morgan fingerprint density at radius 3 is 2.44 bits per heavy atom. The molecule has 0 unspecified atom stereocenters. The molecule has 2 aromatic carbocycles. The molecule has 0 atom stereocenters. The quantitative estimate of drug-likeness (QED) is 0.616. The second-order valence-electron chi connectivity index (χ2n) is 7.93. The van der Waals surface area contributed by atoms with E-state index in [-0.39, 0.29) is 17.4 Å². The lowest BCUT2D eigenvalue weighted by Gasteiger charge is -2.34. The zero-order valence-electron chi connectivity index (χ0n) is 17.9. The molecule has 1 aliphatic heterocycles. The molecule has 3 aromatic rings. The molecule has 0 bridgehead atoms. The van der Waals surface area contributed by atoms with E-state index in [2.05, 4.69) is 15.2 Å². The van der Waals surface area contributed by atoms with Crippen molar-refractivity contribution in [1.29, 1.82) is 0 Å². The van der Waals surface area contributed by atoms with Gasteiger partial charge in [-0.05, 0) is 30.7 Å². The van der Waals surface area contributed by atoms with E-state index in [4.69, 9.17) is 0 Å². The number of nitrogens with one attached hydrogen (secondary N) is 1. The number of aryl methyl sites for hydroxylation is 1. The van der Waals surface area contributed by atoms with Gasteiger partial charge in [0.1, 0.15) is 0 Å². The SMILES string of the molecule is O=C(CN1CCN(C(=O)CCCn2cnc3ccccc3c2=O)CC1)Nc1ccccc1. The normalized spacial score (nSPS) is 14.4. The molecular formula is C24H27N5O3. The third-order valence-electron chi connectivity index (χ3n) is 5.67. The minimum Gasteiger partial charge on any atom is -0.340 e. The van der Waals surface area contributed by atoms with E-state index in [0.717, 1.165) is 5.69 Å². The van der Waals surface area contributed by atoms with Crippen molar-refractivity contribution < 1.29 is 9.59 Å². The predicted octanol–water partition coefficient (Wildman–Crippen LogP) is 1.96. The molecule has 1 aliphatic rings. The van der Waals surface area contributed by atoms with Crippen LogP contribution in [0.3, 0.4) is 0 Å². The van der Waals surface area contributed by atoms with E-state index in [9.17, 15) is 14.4 Å². The summed E-state index contributed by atoms with van der Waals surface area (Å²) in [7, 11) is 0. The van der Waals surface area contributed by atoms with Crippen LogP contribution in [0.2, 0.25) is 0 Å². The van der Waals surface area contributed by atoms with Crippen LogP contribution < -0.4 is 10.9 Å². The molecule has 2 heterocycles. The van der Waals surface area contributed by atoms with Gasteiger partial charge in [0.15, 0.2) is 0 Å². The van der Waals surface area contributed by atoms with Gasteiger partial charge in [0.2, 0.25) is 11.8 Å². The number of amides is 2. The van der Waals surface area contributed by atoms with Crippen LogP contribution >= 0.6 is 0 Å². The van der Waals surface area contributed by atoms with E-state index in [1.54, 1.807) is 17.0 Å². The maximum atomic E-state index is 12.6. The number of carbonyl (C=O) groups excluding carboxylic acids is 2. The van der Waals surface area contributed by atoms with Crippen LogP contribution in [0.4, 0.5) is 5.69 Å². The second-order valence-corrected chi connectivity index (χ2v) is 7.93. The number of fused-ring (bicyclic) bond motifs is 1. The first-order chi connectivity index (χ1) is 15.6. The van der Waals surface area contributed by atoms with Gasteiger partial charge in [0.05, 0.1) is 23.8 Å². The number of hydrogen-bond donors (Lipinski definition) is 1. The summed E-state index contributed by atoms with van der Waals surface area (Å²) in [6.45, 7) is 3.32. The van der Waals surface area contributed by atoms with Gasteiger partial charge >= 0.3 is 0 Å². The molecular weight excluding hydrogens is 406 g/mol. The number of para-hydroxylation sites is 2. The average molecular weight is 434 g/mol. The van der Waals surface area contributed by atoms with E-state index in [0.29, 0.717) is 63.0 Å². The van der Waals surface area contributed by atoms with E-state index < -0.39 is 0 Å². The van der Waals surface area contributed by atoms with Crippen LogP contribution in [0.15, 0.2) is 65.7 Å². The molecule has 32 heavy (non-hydrogen) atoms. The van der Waals surface area contributed by atoms with Crippen LogP contribution in [0.25, 0.3) is 10.9 Å². The molecule has 8 nitrogen and oxygen atoms in total. The number of nitrogens with zero attached hydrogens (tertiary/aromatic N) is 4. The molecule has 0 saturated carbocycles. The number of benzene rings is 2. The fourth-order valence-electron chi connectivity index (χ4n) is 3.90. The highest BCUT2D eigenvalue weighted by atomic mass is 16.2. The Balaban J connectivity index is 1.20. The van der Waals surface area contributed by atoms with E-state index in [1.165, 1.54) is 0 Å². The Hall–Kier alpha value is -3.52. The van der Waals surface area contributed by atoms with Crippen molar-refractivity contribution in [1.82, 2.24) is 19.4 Å². The summed E-state index contributed by atoms with van der Waals surface area (Å²) in [4.78, 5) is 45.5. The fourth-order valence-corrected chi connectivity index (χ4v) is 3.90. The summed E-state index contributed by atoms with van der Waals surface area (Å²) in [5, 5.41) is 3.48. The van der Waals surface area contributed by atoms with Crippen LogP contribution in [0.5, 0.6) is 0 Å². The highest BCUT2D eigenvalue weighted by Crippen LogP contribution is 2.09. The van der Waals surface area contributed by atoms with Crippen molar-refractivity contribution in [2.24, 2.45) is 0 Å². The largest absolute Gasteiger partial charge is 0.340 e. The number of rotatable bonds is 7. The van der Waals surface area contributed by atoms with Crippen molar-refractivity contribution in [2.45, 2.75) is 19.4 Å². The number of anilines is 1. The standard InChI is InChI=1S/C24H27N5O3/c30-22(26-19-7-2-1-3-8-19)17-27-13-15-28(16-14-27)23(31)11-6-12-29-18-25-21-10-5-4-9-20(21)24(29)32/h1-5,7-10,18H,6,11-17H2,(H,26,30). The maximum Gasteiger partial charge on any atom is 0.261 e. The monoisotopic (exact) mass is 433 g/mol. The molecule has 1 saturated heterocycles. The van der Waals surface area contributed by atoms with Crippen LogP contribution in [-0.2, 0) is 16.1 Å². The smallest absolute Gasteiger partial charge is 0.261 e. The first-order valence-corrected chi connectivity index (χ1v) is 10.9. The molecule has 2 amide bonds. The summed E-state index contributed by atoms with van der Waals surface area (Å²) in [5.41, 5.74) is 1.39. The zero-order chi connectivity index (χ0) is 22.3. The highest BCUT2D eigenvalue weighted by molar-refractivity contribution is 5.92. The van der Waals surface area contributed by atoms with Gasteiger partial charge in [0, 0.05) is 44.8 Å².